The van der Waals surface area contributed by atoms with Crippen LogP contribution in [0.15, 0.2) is 11.4 Å². The van der Waals surface area contributed by atoms with E-state index in [-0.39, 0.29) is 11.2 Å². The molecule has 0 unspecified atom stereocenters. The normalized spacial score (nSPS) is 11.5. The smallest absolute Gasteiger partial charge is 0.445 e. The van der Waals surface area contributed by atoms with Crippen molar-refractivity contribution in [3.63, 3.8) is 0 Å². The Labute approximate surface area is 64.9 Å². The van der Waals surface area contributed by atoms with Crippen LogP contribution in [0.1, 0.15) is 9.67 Å². The molecule has 0 aliphatic rings. The molecule has 0 bridgehead atoms. The second kappa shape index (κ2) is 2.69. The molecule has 0 aliphatic carbocycles. The van der Waals surface area contributed by atoms with Gasteiger partial charge >= 0.3 is 6.98 Å². The van der Waals surface area contributed by atoms with E-state index in [1.807, 2.05) is 0 Å². The molecule has 0 spiro atoms. The van der Waals surface area contributed by atoms with Crippen LogP contribution in [0, 0.1) is 0 Å². The SMILES string of the molecule is O=Cc1sccc1[B-](F)(F)F. The van der Waals surface area contributed by atoms with Gasteiger partial charge in [-0.3, -0.25) is 4.79 Å². The van der Waals surface area contributed by atoms with Crippen molar-refractivity contribution in [2.75, 3.05) is 0 Å². The highest BCUT2D eigenvalue weighted by Crippen LogP contribution is 2.14. The molecule has 1 heterocycles. The Kier molecular flexibility index (Phi) is 2.04. The summed E-state index contributed by atoms with van der Waals surface area (Å²) >= 11 is 0.804. The molecule has 0 fully saturated rings. The quantitative estimate of drug-likeness (QED) is 0.497. The maximum atomic E-state index is 12.0. The van der Waals surface area contributed by atoms with Gasteiger partial charge in [-0.1, -0.05) is 11.5 Å². The Balaban J connectivity index is 3.12. The van der Waals surface area contributed by atoms with Crippen LogP contribution >= 0.6 is 11.3 Å². The third-order valence-corrected chi connectivity index (χ3v) is 2.04. The Morgan fingerprint density at radius 2 is 2.09 bits per heavy atom. The van der Waals surface area contributed by atoms with Crippen molar-refractivity contribution in [1.29, 1.82) is 0 Å². The highest BCUT2D eigenvalue weighted by molar-refractivity contribution is 7.13. The van der Waals surface area contributed by atoms with Crippen molar-refractivity contribution in [3.05, 3.63) is 16.3 Å². The van der Waals surface area contributed by atoms with Crippen molar-refractivity contribution in [1.82, 2.24) is 0 Å². The van der Waals surface area contributed by atoms with Crippen LogP contribution in [-0.2, 0) is 0 Å². The van der Waals surface area contributed by atoms with E-state index < -0.39 is 12.4 Å². The van der Waals surface area contributed by atoms with Crippen molar-refractivity contribution >= 4 is 30.1 Å². The fraction of sp³-hybridized carbons (Fsp3) is 0. The second-order valence-corrected chi connectivity index (χ2v) is 2.88. The van der Waals surface area contributed by atoms with Crippen molar-refractivity contribution in [2.45, 2.75) is 0 Å². The molecular weight excluding hydrogens is 176 g/mol. The maximum absolute atomic E-state index is 12.0. The van der Waals surface area contributed by atoms with Crippen LogP contribution < -0.4 is 5.46 Å². The Hall–Kier alpha value is -0.775. The first-order valence-electron chi connectivity index (χ1n) is 2.78. The minimum Gasteiger partial charge on any atom is -0.445 e. The van der Waals surface area contributed by atoms with Crippen molar-refractivity contribution in [3.8, 4) is 0 Å². The van der Waals surface area contributed by atoms with Gasteiger partial charge < -0.3 is 12.9 Å². The molecule has 6 heteroatoms. The molecule has 1 aromatic rings. The van der Waals surface area contributed by atoms with Gasteiger partial charge in [0, 0.05) is 4.88 Å². The van der Waals surface area contributed by atoms with Crippen LogP contribution in [0.4, 0.5) is 12.9 Å². The summed E-state index contributed by atoms with van der Waals surface area (Å²) < 4.78 is 35.9. The first kappa shape index (κ1) is 8.32. The highest BCUT2D eigenvalue weighted by atomic mass is 32.1. The highest BCUT2D eigenvalue weighted by Gasteiger charge is 2.28. The fourth-order valence-corrected chi connectivity index (χ4v) is 1.45. The Bertz CT molecular complexity index is 267. The molecule has 0 amide bonds. The number of hydrogen-bond acceptors (Lipinski definition) is 2. The van der Waals surface area contributed by atoms with Gasteiger partial charge in [0.1, 0.15) is 0 Å². The zero-order chi connectivity index (χ0) is 8.48. The molecule has 0 N–H and O–H groups in total. The summed E-state index contributed by atoms with van der Waals surface area (Å²) in [5.41, 5.74) is -0.787. The van der Waals surface area contributed by atoms with Crippen LogP contribution in [0.3, 0.4) is 0 Å². The lowest BCUT2D eigenvalue weighted by atomic mass is 9.81. The average molecular weight is 179 g/mol. The number of thiophene rings is 1. The number of carbonyl (C=O) groups is 1. The zero-order valence-corrected chi connectivity index (χ0v) is 6.08. The van der Waals surface area contributed by atoms with Gasteiger partial charge in [0.05, 0.1) is 0 Å². The summed E-state index contributed by atoms with van der Waals surface area (Å²) in [6.07, 6.45) is 0.231. The average Bonchev–Trinajstić information content (AvgIpc) is 2.31. The van der Waals surface area contributed by atoms with Gasteiger partial charge in [-0.05, 0) is 5.38 Å². The van der Waals surface area contributed by atoms with Crippen LogP contribution in [0.5, 0.6) is 0 Å². The number of halogens is 3. The number of carbonyl (C=O) groups excluding carboxylic acids is 1. The van der Waals surface area contributed by atoms with E-state index in [4.69, 9.17) is 0 Å². The molecule has 1 rings (SSSR count). The summed E-state index contributed by atoms with van der Waals surface area (Å²) in [6, 6.07) is 0.925. The minimum absolute atomic E-state index is 0.231. The minimum atomic E-state index is -5.02. The molecule has 60 valence electrons. The van der Waals surface area contributed by atoms with E-state index in [2.05, 4.69) is 0 Å². The molecule has 0 radical (unpaired) electrons. The number of aldehydes is 1. The summed E-state index contributed by atoms with van der Waals surface area (Å²) in [5.74, 6) is 0. The Morgan fingerprint density at radius 1 is 1.45 bits per heavy atom. The topological polar surface area (TPSA) is 17.1 Å². The summed E-state index contributed by atoms with van der Waals surface area (Å²) in [7, 11) is 0. The fourth-order valence-electron chi connectivity index (χ4n) is 0.697. The summed E-state index contributed by atoms with van der Waals surface area (Å²) in [6.45, 7) is -5.02. The predicted molar refractivity (Wildman–Crippen MR) is 38.4 cm³/mol. The first-order valence-corrected chi connectivity index (χ1v) is 3.66. The molecule has 0 atom stereocenters. The van der Waals surface area contributed by atoms with Crippen molar-refractivity contribution < 1.29 is 17.7 Å². The molecule has 0 aliphatic heterocycles. The van der Waals surface area contributed by atoms with E-state index in [0.717, 1.165) is 17.4 Å². The predicted octanol–water partition coefficient (Wildman–Crippen LogP) is 1.61. The lowest BCUT2D eigenvalue weighted by molar-refractivity contribution is 0.112. The molecule has 1 nitrogen and oxygen atoms in total. The molecule has 0 aromatic carbocycles. The third-order valence-electron chi connectivity index (χ3n) is 1.19. The van der Waals surface area contributed by atoms with Gasteiger partial charge in [0.2, 0.25) is 0 Å². The van der Waals surface area contributed by atoms with Gasteiger partial charge in [0.25, 0.3) is 0 Å². The van der Waals surface area contributed by atoms with E-state index in [0.29, 0.717) is 0 Å². The largest absolute Gasteiger partial charge is 0.511 e. The molecular formula is C5H3BF3OS-. The second-order valence-electron chi connectivity index (χ2n) is 1.93. The van der Waals surface area contributed by atoms with E-state index >= 15 is 0 Å². The lowest BCUT2D eigenvalue weighted by Crippen LogP contribution is -2.34. The maximum Gasteiger partial charge on any atom is 0.511 e. The molecule has 0 saturated heterocycles. The third kappa shape index (κ3) is 1.62. The monoisotopic (exact) mass is 179 g/mol. The molecule has 0 saturated carbocycles. The van der Waals surface area contributed by atoms with Gasteiger partial charge in [-0.15, -0.1) is 11.3 Å². The molecule has 1 aromatic heterocycles. The Morgan fingerprint density at radius 3 is 2.45 bits per heavy atom. The van der Waals surface area contributed by atoms with Crippen LogP contribution in [0.25, 0.3) is 0 Å². The summed E-state index contributed by atoms with van der Waals surface area (Å²) in [5, 5.41) is 1.26. The standard InChI is InChI=1S/C5H3BF3OS/c7-6(8,9)4-1-2-11-5(4)3-10/h1-3H/q-1. The number of hydrogen-bond donors (Lipinski definition) is 0. The van der Waals surface area contributed by atoms with E-state index in [1.54, 1.807) is 0 Å². The lowest BCUT2D eigenvalue weighted by Gasteiger charge is -2.12. The van der Waals surface area contributed by atoms with E-state index in [9.17, 15) is 17.7 Å². The van der Waals surface area contributed by atoms with Gasteiger partial charge in [-0.25, -0.2) is 0 Å². The molecule has 11 heavy (non-hydrogen) atoms. The zero-order valence-electron chi connectivity index (χ0n) is 5.26. The van der Waals surface area contributed by atoms with Crippen LogP contribution in [-0.4, -0.2) is 13.3 Å². The summed E-state index contributed by atoms with van der Waals surface area (Å²) in [4.78, 5) is 9.82. The van der Waals surface area contributed by atoms with Gasteiger partial charge in [0.15, 0.2) is 6.29 Å². The number of rotatable bonds is 2. The van der Waals surface area contributed by atoms with Crippen LogP contribution in [0.2, 0.25) is 0 Å². The van der Waals surface area contributed by atoms with Gasteiger partial charge in [-0.2, -0.15) is 0 Å². The first-order chi connectivity index (χ1) is 5.05. The van der Waals surface area contributed by atoms with E-state index in [1.165, 1.54) is 5.38 Å². The van der Waals surface area contributed by atoms with Crippen molar-refractivity contribution in [2.24, 2.45) is 0 Å².